The lowest BCUT2D eigenvalue weighted by molar-refractivity contribution is 0.0772. The maximum Gasteiger partial charge on any atom is 0.256 e. The van der Waals surface area contributed by atoms with Crippen molar-refractivity contribution in [3.05, 3.63) is 88.2 Å². The van der Waals surface area contributed by atoms with Crippen molar-refractivity contribution in [2.75, 3.05) is 27.3 Å². The van der Waals surface area contributed by atoms with Crippen LogP contribution in [0.2, 0.25) is 0 Å². The first-order valence-corrected chi connectivity index (χ1v) is 13.1. The Kier molecular flexibility index (Phi) is 10.1. The number of nitrogens with one attached hydrogen (secondary N) is 1. The number of fused-ring (bicyclic) bond motifs is 1. The van der Waals surface area contributed by atoms with Crippen LogP contribution in [-0.2, 0) is 0 Å². The van der Waals surface area contributed by atoms with Gasteiger partial charge in [0.15, 0.2) is 0 Å². The van der Waals surface area contributed by atoms with Gasteiger partial charge in [-0.2, -0.15) is 0 Å². The van der Waals surface area contributed by atoms with Gasteiger partial charge in [0.25, 0.3) is 11.5 Å². The molecule has 0 saturated carbocycles. The molecule has 1 aromatic heterocycles. The Morgan fingerprint density at radius 2 is 1.44 bits per heavy atom. The molecule has 1 amide bonds. The topological polar surface area (TPSA) is 80.9 Å². The molecule has 0 unspecified atom stereocenters. The van der Waals surface area contributed by atoms with Crippen LogP contribution in [0.25, 0.3) is 22.0 Å². The highest BCUT2D eigenvalue weighted by Gasteiger charge is 2.15. The van der Waals surface area contributed by atoms with Crippen molar-refractivity contribution in [3.63, 3.8) is 0 Å². The number of pyridine rings is 1. The largest absolute Gasteiger partial charge is 0.497 e. The molecule has 3 aromatic carbocycles. The number of aromatic nitrogens is 1. The van der Waals surface area contributed by atoms with Crippen molar-refractivity contribution >= 4 is 16.7 Å². The number of aryl methyl sites for hydroxylation is 1. The molecule has 4 aromatic rings. The van der Waals surface area contributed by atoms with E-state index in [1.54, 1.807) is 26.4 Å². The van der Waals surface area contributed by atoms with E-state index in [4.69, 9.17) is 14.2 Å². The molecule has 0 aliphatic carbocycles. The number of aromatic amines is 1. The molecule has 1 heterocycles. The number of hydrogen-bond acceptors (Lipinski definition) is 5. The number of amides is 1. The number of H-pyrrole nitrogens is 1. The van der Waals surface area contributed by atoms with Gasteiger partial charge < -0.3 is 24.1 Å². The molecule has 0 spiro atoms. The zero-order valence-corrected chi connectivity index (χ0v) is 23.8. The average molecular weight is 531 g/mol. The predicted octanol–water partition coefficient (Wildman–Crippen LogP) is 6.48. The zero-order valence-electron chi connectivity index (χ0n) is 23.8. The Labute approximate surface area is 230 Å². The number of carbonyl (C=O) groups excluding carboxylic acids is 1. The third-order valence-electron chi connectivity index (χ3n) is 6.30. The first-order valence-electron chi connectivity index (χ1n) is 13.1. The molecule has 0 saturated heterocycles. The molecule has 7 heteroatoms. The summed E-state index contributed by atoms with van der Waals surface area (Å²) in [5.41, 5.74) is 3.30. The van der Waals surface area contributed by atoms with Gasteiger partial charge in [0.1, 0.15) is 17.2 Å². The Morgan fingerprint density at radius 3 is 2.00 bits per heavy atom. The summed E-state index contributed by atoms with van der Waals surface area (Å²) in [6.45, 7) is 11.4. The van der Waals surface area contributed by atoms with Crippen molar-refractivity contribution in [3.8, 4) is 28.5 Å². The summed E-state index contributed by atoms with van der Waals surface area (Å²) in [7, 11) is 3.24. The molecule has 0 fully saturated rings. The van der Waals surface area contributed by atoms with Crippen molar-refractivity contribution in [2.45, 2.75) is 40.7 Å². The van der Waals surface area contributed by atoms with E-state index in [9.17, 15) is 9.59 Å². The second-order valence-electron chi connectivity index (χ2n) is 9.31. The van der Waals surface area contributed by atoms with Crippen LogP contribution in [0.4, 0.5) is 0 Å². The Morgan fingerprint density at radius 1 is 0.846 bits per heavy atom. The molecule has 0 aliphatic heterocycles. The highest BCUT2D eigenvalue weighted by Crippen LogP contribution is 2.25. The lowest BCUT2D eigenvalue weighted by Crippen LogP contribution is -2.30. The van der Waals surface area contributed by atoms with Crippen LogP contribution in [0.15, 0.2) is 71.5 Å². The fraction of sp³-hybridized carbons (Fsp3) is 0.312. The van der Waals surface area contributed by atoms with Gasteiger partial charge in [-0.05, 0) is 118 Å². The number of methoxy groups -OCH3 is 2. The number of hydrogen-bond donors (Lipinski definition) is 1. The van der Waals surface area contributed by atoms with E-state index in [0.29, 0.717) is 5.39 Å². The van der Waals surface area contributed by atoms with Gasteiger partial charge in [-0.15, -0.1) is 0 Å². The molecular weight excluding hydrogens is 492 g/mol. The quantitative estimate of drug-likeness (QED) is 0.282. The Hall–Kier alpha value is -4.26. The maximum absolute atomic E-state index is 12.3. The average Bonchev–Trinajstić information content (AvgIpc) is 2.93. The van der Waals surface area contributed by atoms with E-state index < -0.39 is 0 Å². The summed E-state index contributed by atoms with van der Waals surface area (Å²) in [6, 6.07) is 20.6. The van der Waals surface area contributed by atoms with Crippen molar-refractivity contribution in [2.24, 2.45) is 0 Å². The number of rotatable bonds is 8. The summed E-state index contributed by atoms with van der Waals surface area (Å²) in [4.78, 5) is 29.1. The fourth-order valence-corrected chi connectivity index (χ4v) is 4.20. The highest BCUT2D eigenvalue weighted by molar-refractivity contribution is 5.95. The lowest BCUT2D eigenvalue weighted by Gasteiger charge is -2.19. The molecule has 4 rings (SSSR count). The Bertz CT molecular complexity index is 1450. The van der Waals surface area contributed by atoms with E-state index >= 15 is 0 Å². The molecule has 0 atom stereocenters. The van der Waals surface area contributed by atoms with Crippen LogP contribution in [0.5, 0.6) is 17.2 Å². The standard InChI is InChI=1S/C19H19NO3.C13H19NO2/c1-12(2)23-15-6-4-13(5-7-15)18-11-14-10-16(22-3)8-9-17(14)19(21)20-18;1-5-14(6-2)13(15)12-8-7-11(16-4)9-10(12)3/h4-12H,1-3H3,(H,20,21);7-9H,5-6H2,1-4H3. The Balaban J connectivity index is 0.000000231. The summed E-state index contributed by atoms with van der Waals surface area (Å²) < 4.78 is 16.0. The summed E-state index contributed by atoms with van der Waals surface area (Å²) in [6.07, 6.45) is 0.133. The molecule has 0 aliphatic rings. The van der Waals surface area contributed by atoms with Gasteiger partial charge in [0.05, 0.1) is 20.3 Å². The van der Waals surface area contributed by atoms with Crippen LogP contribution in [0.1, 0.15) is 43.6 Å². The van der Waals surface area contributed by atoms with Crippen LogP contribution in [-0.4, -0.2) is 49.2 Å². The molecule has 1 N–H and O–H groups in total. The minimum atomic E-state index is -0.109. The number of ether oxygens (including phenoxy) is 3. The normalized spacial score (nSPS) is 10.6. The molecule has 7 nitrogen and oxygen atoms in total. The van der Waals surface area contributed by atoms with Crippen molar-refractivity contribution in [1.82, 2.24) is 9.88 Å². The molecular formula is C32H38N2O5. The third kappa shape index (κ3) is 7.41. The van der Waals surface area contributed by atoms with Gasteiger partial charge in [0.2, 0.25) is 0 Å². The van der Waals surface area contributed by atoms with Crippen LogP contribution in [0, 0.1) is 6.92 Å². The third-order valence-corrected chi connectivity index (χ3v) is 6.30. The van der Waals surface area contributed by atoms with Crippen molar-refractivity contribution in [1.29, 1.82) is 0 Å². The molecule has 0 radical (unpaired) electrons. The van der Waals surface area contributed by atoms with E-state index in [-0.39, 0.29) is 17.6 Å². The van der Waals surface area contributed by atoms with E-state index in [1.165, 1.54) is 0 Å². The predicted molar refractivity (Wildman–Crippen MR) is 157 cm³/mol. The van der Waals surface area contributed by atoms with Crippen molar-refractivity contribution < 1.29 is 19.0 Å². The van der Waals surface area contributed by atoms with Gasteiger partial charge in [-0.3, -0.25) is 9.59 Å². The molecule has 0 bridgehead atoms. The van der Waals surface area contributed by atoms with Crippen LogP contribution >= 0.6 is 0 Å². The summed E-state index contributed by atoms with van der Waals surface area (Å²) in [5, 5.41) is 1.50. The van der Waals surface area contributed by atoms with Crippen LogP contribution in [0.3, 0.4) is 0 Å². The number of nitrogens with zero attached hydrogens (tertiary/aromatic N) is 1. The summed E-state index contributed by atoms with van der Waals surface area (Å²) >= 11 is 0. The van der Waals surface area contributed by atoms with Gasteiger partial charge in [0, 0.05) is 29.7 Å². The second kappa shape index (κ2) is 13.5. The fourth-order valence-electron chi connectivity index (χ4n) is 4.20. The van der Waals surface area contributed by atoms with Gasteiger partial charge in [-0.25, -0.2) is 0 Å². The SMILES string of the molecule is CCN(CC)C(=O)c1ccc(OC)cc1C.COc1ccc2c(=O)[nH]c(-c3ccc(OC(C)C)cc3)cc2c1. The van der Waals surface area contributed by atoms with Gasteiger partial charge in [-0.1, -0.05) is 0 Å². The summed E-state index contributed by atoms with van der Waals surface area (Å²) in [5.74, 6) is 2.42. The maximum atomic E-state index is 12.3. The van der Waals surface area contributed by atoms with E-state index in [1.807, 2.05) is 94.1 Å². The monoisotopic (exact) mass is 530 g/mol. The number of carbonyl (C=O) groups is 1. The first-order chi connectivity index (χ1) is 18.7. The van der Waals surface area contributed by atoms with Gasteiger partial charge >= 0.3 is 0 Å². The lowest BCUT2D eigenvalue weighted by atomic mass is 10.1. The number of benzene rings is 3. The van der Waals surface area contributed by atoms with Crippen LogP contribution < -0.4 is 19.8 Å². The zero-order chi connectivity index (χ0) is 28.5. The molecule has 39 heavy (non-hydrogen) atoms. The van der Waals surface area contributed by atoms with E-state index in [0.717, 1.165) is 58.1 Å². The minimum Gasteiger partial charge on any atom is -0.497 e. The smallest absolute Gasteiger partial charge is 0.256 e. The highest BCUT2D eigenvalue weighted by atomic mass is 16.5. The molecule has 206 valence electrons. The minimum absolute atomic E-state index is 0.0881. The second-order valence-corrected chi connectivity index (χ2v) is 9.31. The first kappa shape index (κ1) is 29.3. The van der Waals surface area contributed by atoms with E-state index in [2.05, 4.69) is 4.98 Å².